The van der Waals surface area contributed by atoms with Crippen LogP contribution in [0.3, 0.4) is 0 Å². The number of hydrogen-bond donors (Lipinski definition) is 0. The van der Waals surface area contributed by atoms with Crippen molar-refractivity contribution in [3.05, 3.63) is 30.3 Å². The molecule has 0 atom stereocenters. The van der Waals surface area contributed by atoms with Gasteiger partial charge in [-0.25, -0.2) is 8.42 Å². The van der Waals surface area contributed by atoms with Gasteiger partial charge in [-0.15, -0.1) is 0 Å². The summed E-state index contributed by atoms with van der Waals surface area (Å²) in [5, 5.41) is 0. The molecule has 17 heavy (non-hydrogen) atoms. The molecule has 0 saturated heterocycles. The van der Waals surface area contributed by atoms with Gasteiger partial charge in [-0.2, -0.15) is 0 Å². The Hall–Kier alpha value is -0.910. The van der Waals surface area contributed by atoms with Crippen molar-refractivity contribution in [1.82, 2.24) is 0 Å². The highest BCUT2D eigenvalue weighted by Crippen LogP contribution is 2.19. The predicted octanol–water partition coefficient (Wildman–Crippen LogP) is 1.86. The number of hydrogen-bond acceptors (Lipinski definition) is 4. The first kappa shape index (κ1) is 14.2. The van der Waals surface area contributed by atoms with E-state index in [0.29, 0.717) is 4.90 Å². The molecular weight excluding hydrogens is 240 g/mol. The molecule has 0 radical (unpaired) electrons. The van der Waals surface area contributed by atoms with E-state index in [4.69, 9.17) is 9.47 Å². The lowest BCUT2D eigenvalue weighted by Crippen LogP contribution is -2.32. The zero-order valence-electron chi connectivity index (χ0n) is 10.3. The Morgan fingerprint density at radius 3 is 2.12 bits per heavy atom. The number of sulfone groups is 1. The fraction of sp³-hybridized carbons (Fsp3) is 0.500. The van der Waals surface area contributed by atoms with Gasteiger partial charge in [0.25, 0.3) is 0 Å². The Labute approximate surface area is 102 Å². The van der Waals surface area contributed by atoms with Gasteiger partial charge in [-0.3, -0.25) is 0 Å². The van der Waals surface area contributed by atoms with Crippen LogP contribution in [0, 0.1) is 0 Å². The fourth-order valence-corrected chi connectivity index (χ4v) is 2.80. The summed E-state index contributed by atoms with van der Waals surface area (Å²) >= 11 is 0. The molecule has 1 aromatic rings. The summed E-state index contributed by atoms with van der Waals surface area (Å²) in [5.74, 6) is -0.864. The predicted molar refractivity (Wildman–Crippen MR) is 65.5 cm³/mol. The van der Waals surface area contributed by atoms with E-state index >= 15 is 0 Å². The summed E-state index contributed by atoms with van der Waals surface area (Å²) in [6.45, 7) is 1.72. The molecule has 4 nitrogen and oxygen atoms in total. The molecule has 96 valence electrons. The lowest BCUT2D eigenvalue weighted by Gasteiger charge is -2.26. The molecule has 0 aromatic heterocycles. The topological polar surface area (TPSA) is 52.6 Å². The maximum atomic E-state index is 12.0. The van der Waals surface area contributed by atoms with E-state index in [2.05, 4.69) is 0 Å². The second-order valence-electron chi connectivity index (χ2n) is 3.92. The largest absolute Gasteiger partial charge is 0.353 e. The van der Waals surface area contributed by atoms with Crippen molar-refractivity contribution < 1.29 is 17.9 Å². The van der Waals surface area contributed by atoms with Crippen molar-refractivity contribution in [2.24, 2.45) is 0 Å². The summed E-state index contributed by atoms with van der Waals surface area (Å²) in [5.41, 5.74) is 0. The minimum atomic E-state index is -3.27. The number of ether oxygens (including phenoxy) is 2. The van der Waals surface area contributed by atoms with Crippen LogP contribution in [0.25, 0.3) is 0 Å². The summed E-state index contributed by atoms with van der Waals surface area (Å²) in [7, 11) is -0.276. The maximum absolute atomic E-state index is 12.0. The first-order valence-corrected chi connectivity index (χ1v) is 6.97. The standard InChI is InChI=1S/C12H18O4S/c1-12(15-2,16-3)9-10-17(13,14)11-7-5-4-6-8-11/h4-8H,9-10H2,1-3H3. The average molecular weight is 258 g/mol. The molecule has 5 heteroatoms. The van der Waals surface area contributed by atoms with Crippen LogP contribution < -0.4 is 0 Å². The Kier molecular flexibility index (Phi) is 4.68. The van der Waals surface area contributed by atoms with E-state index < -0.39 is 15.6 Å². The third kappa shape index (κ3) is 3.80. The van der Waals surface area contributed by atoms with Crippen molar-refractivity contribution in [3.63, 3.8) is 0 Å². The van der Waals surface area contributed by atoms with Gasteiger partial charge in [-0.1, -0.05) is 18.2 Å². The van der Waals surface area contributed by atoms with Crippen molar-refractivity contribution >= 4 is 9.84 Å². The molecule has 1 aromatic carbocycles. The Morgan fingerprint density at radius 1 is 1.12 bits per heavy atom. The van der Waals surface area contributed by atoms with Gasteiger partial charge >= 0.3 is 0 Å². The van der Waals surface area contributed by atoms with Crippen LogP contribution in [0.1, 0.15) is 13.3 Å². The molecule has 0 aliphatic rings. The van der Waals surface area contributed by atoms with Gasteiger partial charge in [0.2, 0.25) is 0 Å². The summed E-state index contributed by atoms with van der Waals surface area (Å²) in [4.78, 5) is 0.328. The van der Waals surface area contributed by atoms with Crippen LogP contribution in [-0.4, -0.2) is 34.2 Å². The number of rotatable bonds is 6. The second kappa shape index (κ2) is 5.62. The molecule has 0 unspecified atom stereocenters. The van der Waals surface area contributed by atoms with Gasteiger partial charge in [0, 0.05) is 20.6 Å². The fourth-order valence-electron chi connectivity index (χ4n) is 1.35. The van der Waals surface area contributed by atoms with Crippen LogP contribution >= 0.6 is 0 Å². The number of benzene rings is 1. The monoisotopic (exact) mass is 258 g/mol. The third-order valence-corrected chi connectivity index (χ3v) is 4.52. The quantitative estimate of drug-likeness (QED) is 0.731. The number of methoxy groups -OCH3 is 2. The minimum absolute atomic E-state index is 0.00477. The maximum Gasteiger partial charge on any atom is 0.178 e. The van der Waals surface area contributed by atoms with Crippen molar-refractivity contribution in [2.45, 2.75) is 24.0 Å². The summed E-state index contributed by atoms with van der Waals surface area (Å²) in [6, 6.07) is 8.38. The molecule has 1 rings (SSSR count). The molecule has 0 heterocycles. The third-order valence-electron chi connectivity index (χ3n) is 2.79. The van der Waals surface area contributed by atoms with E-state index in [9.17, 15) is 8.42 Å². The van der Waals surface area contributed by atoms with E-state index in [1.165, 1.54) is 14.2 Å². The smallest absolute Gasteiger partial charge is 0.178 e. The van der Waals surface area contributed by atoms with Crippen molar-refractivity contribution in [2.75, 3.05) is 20.0 Å². The zero-order valence-corrected chi connectivity index (χ0v) is 11.2. The minimum Gasteiger partial charge on any atom is -0.353 e. The van der Waals surface area contributed by atoms with E-state index in [1.807, 2.05) is 0 Å². The van der Waals surface area contributed by atoms with Crippen LogP contribution in [0.4, 0.5) is 0 Å². The van der Waals surface area contributed by atoms with Gasteiger partial charge < -0.3 is 9.47 Å². The summed E-state index contributed by atoms with van der Waals surface area (Å²) in [6.07, 6.45) is 0.289. The van der Waals surface area contributed by atoms with E-state index in [-0.39, 0.29) is 12.2 Å². The molecule has 0 amide bonds. The molecule has 0 aliphatic heterocycles. The molecular formula is C12H18O4S. The van der Waals surface area contributed by atoms with Crippen LogP contribution in [0.5, 0.6) is 0 Å². The highest BCUT2D eigenvalue weighted by atomic mass is 32.2. The van der Waals surface area contributed by atoms with Crippen LogP contribution in [0.2, 0.25) is 0 Å². The van der Waals surface area contributed by atoms with Crippen LogP contribution in [0.15, 0.2) is 35.2 Å². The zero-order chi connectivity index (χ0) is 12.9. The highest BCUT2D eigenvalue weighted by molar-refractivity contribution is 7.91. The highest BCUT2D eigenvalue weighted by Gasteiger charge is 2.26. The molecule has 0 saturated carbocycles. The second-order valence-corrected chi connectivity index (χ2v) is 6.03. The first-order valence-electron chi connectivity index (χ1n) is 5.32. The van der Waals surface area contributed by atoms with E-state index in [0.717, 1.165) is 0 Å². The average Bonchev–Trinajstić information content (AvgIpc) is 2.37. The Balaban J connectivity index is 2.76. The molecule has 0 N–H and O–H groups in total. The Morgan fingerprint density at radius 2 is 1.65 bits per heavy atom. The first-order chi connectivity index (χ1) is 7.93. The Bertz CT molecular complexity index is 435. The molecule has 0 bridgehead atoms. The molecule has 0 spiro atoms. The summed E-state index contributed by atoms with van der Waals surface area (Å²) < 4.78 is 34.3. The lowest BCUT2D eigenvalue weighted by atomic mass is 10.2. The molecule has 0 aliphatic carbocycles. The van der Waals surface area contributed by atoms with E-state index in [1.54, 1.807) is 37.3 Å². The SMILES string of the molecule is COC(C)(CCS(=O)(=O)c1ccccc1)OC. The molecule has 0 fully saturated rings. The normalized spacial score (nSPS) is 12.6. The van der Waals surface area contributed by atoms with Gasteiger partial charge in [0.15, 0.2) is 15.6 Å². The van der Waals surface area contributed by atoms with Gasteiger partial charge in [0.05, 0.1) is 10.6 Å². The van der Waals surface area contributed by atoms with Gasteiger partial charge in [0.1, 0.15) is 0 Å². The van der Waals surface area contributed by atoms with Crippen molar-refractivity contribution in [1.29, 1.82) is 0 Å². The lowest BCUT2D eigenvalue weighted by molar-refractivity contribution is -0.193. The van der Waals surface area contributed by atoms with Crippen LogP contribution in [-0.2, 0) is 19.3 Å². The van der Waals surface area contributed by atoms with Crippen molar-refractivity contribution in [3.8, 4) is 0 Å². The van der Waals surface area contributed by atoms with Gasteiger partial charge in [-0.05, 0) is 19.1 Å².